The molecule has 2 aromatic carbocycles. The Labute approximate surface area is 129 Å². The van der Waals surface area contributed by atoms with Gasteiger partial charge in [-0.05, 0) is 30.3 Å². The lowest BCUT2D eigenvalue weighted by Gasteiger charge is -2.11. The number of hydrogen-bond donors (Lipinski definition) is 2. The van der Waals surface area contributed by atoms with Crippen molar-refractivity contribution in [2.75, 3.05) is 10.5 Å². The summed E-state index contributed by atoms with van der Waals surface area (Å²) >= 11 is 3.15. The Morgan fingerprint density at radius 3 is 2.67 bits per heavy atom. The van der Waals surface area contributed by atoms with Crippen LogP contribution in [0, 0.1) is 17.1 Å². The maximum absolute atomic E-state index is 13.5. The highest BCUT2D eigenvalue weighted by atomic mass is 79.9. The Kier molecular flexibility index (Phi) is 4.16. The van der Waals surface area contributed by atoms with E-state index in [2.05, 4.69) is 20.7 Å². The zero-order valence-electron chi connectivity index (χ0n) is 10.5. The molecule has 108 valence electrons. The van der Waals surface area contributed by atoms with Crippen molar-refractivity contribution in [3.05, 3.63) is 52.3 Å². The van der Waals surface area contributed by atoms with Crippen LogP contribution in [0.25, 0.3) is 0 Å². The second-order valence-electron chi connectivity index (χ2n) is 4.06. The van der Waals surface area contributed by atoms with Gasteiger partial charge in [-0.2, -0.15) is 5.26 Å². The number of benzene rings is 2. The largest absolute Gasteiger partial charge is 0.398 e. The number of nitrogens with zero attached hydrogens (tertiary/aromatic N) is 1. The van der Waals surface area contributed by atoms with Gasteiger partial charge in [0.2, 0.25) is 0 Å². The van der Waals surface area contributed by atoms with Gasteiger partial charge in [-0.1, -0.05) is 22.0 Å². The van der Waals surface area contributed by atoms with Gasteiger partial charge in [-0.25, -0.2) is 12.8 Å². The second kappa shape index (κ2) is 5.71. The second-order valence-corrected chi connectivity index (χ2v) is 6.63. The van der Waals surface area contributed by atoms with E-state index in [1.165, 1.54) is 24.3 Å². The Morgan fingerprint density at radius 1 is 1.29 bits per heavy atom. The molecule has 5 nitrogen and oxygen atoms in total. The van der Waals surface area contributed by atoms with E-state index >= 15 is 0 Å². The van der Waals surface area contributed by atoms with E-state index in [-0.39, 0.29) is 21.8 Å². The highest BCUT2D eigenvalue weighted by Crippen LogP contribution is 2.27. The summed E-state index contributed by atoms with van der Waals surface area (Å²) in [6.07, 6.45) is 0. The molecule has 0 bridgehead atoms. The molecule has 0 aromatic heterocycles. The van der Waals surface area contributed by atoms with Crippen molar-refractivity contribution in [3.8, 4) is 6.07 Å². The first-order chi connectivity index (χ1) is 9.85. The van der Waals surface area contributed by atoms with Crippen LogP contribution in [-0.2, 0) is 10.0 Å². The molecule has 0 spiro atoms. The molecule has 2 rings (SSSR count). The first-order valence-electron chi connectivity index (χ1n) is 5.61. The van der Waals surface area contributed by atoms with Gasteiger partial charge in [-0.3, -0.25) is 4.72 Å². The third kappa shape index (κ3) is 3.15. The minimum Gasteiger partial charge on any atom is -0.398 e. The molecule has 0 aliphatic rings. The Balaban J connectivity index is 2.51. The summed E-state index contributed by atoms with van der Waals surface area (Å²) in [7, 11) is -4.04. The maximum Gasteiger partial charge on any atom is 0.264 e. The molecule has 0 saturated carbocycles. The highest BCUT2D eigenvalue weighted by Gasteiger charge is 2.20. The van der Waals surface area contributed by atoms with Crippen LogP contribution in [0.1, 0.15) is 5.56 Å². The third-order valence-corrected chi connectivity index (χ3v) is 4.55. The molecule has 21 heavy (non-hydrogen) atoms. The number of rotatable bonds is 3. The quantitative estimate of drug-likeness (QED) is 0.812. The summed E-state index contributed by atoms with van der Waals surface area (Å²) in [6.45, 7) is 0. The lowest BCUT2D eigenvalue weighted by atomic mass is 10.2. The van der Waals surface area contributed by atoms with Gasteiger partial charge in [0.1, 0.15) is 22.3 Å². The van der Waals surface area contributed by atoms with Crippen molar-refractivity contribution in [1.29, 1.82) is 5.26 Å². The molecule has 0 heterocycles. The molecule has 0 atom stereocenters. The first-order valence-corrected chi connectivity index (χ1v) is 7.89. The van der Waals surface area contributed by atoms with Crippen molar-refractivity contribution in [2.45, 2.75) is 4.90 Å². The van der Waals surface area contributed by atoms with E-state index in [1.807, 2.05) is 0 Å². The zero-order chi connectivity index (χ0) is 15.6. The van der Waals surface area contributed by atoms with Crippen LogP contribution >= 0.6 is 15.9 Å². The average molecular weight is 370 g/mol. The van der Waals surface area contributed by atoms with Gasteiger partial charge in [0.25, 0.3) is 10.0 Å². The standard InChI is InChI=1S/C13H9BrFN3O2S/c14-8-4-5-11(17)13(6-8)21(19,20)18-12-3-1-2-10(15)9(12)7-16/h1-6,18H,17H2. The van der Waals surface area contributed by atoms with Gasteiger partial charge < -0.3 is 5.73 Å². The smallest absolute Gasteiger partial charge is 0.264 e. The summed E-state index contributed by atoms with van der Waals surface area (Å²) in [5, 5.41) is 8.91. The van der Waals surface area contributed by atoms with E-state index in [4.69, 9.17) is 11.0 Å². The predicted molar refractivity (Wildman–Crippen MR) is 80.5 cm³/mol. The molecule has 0 amide bonds. The van der Waals surface area contributed by atoms with Crippen molar-refractivity contribution in [1.82, 2.24) is 0 Å². The molecular weight excluding hydrogens is 361 g/mol. The van der Waals surface area contributed by atoms with Gasteiger partial charge in [-0.15, -0.1) is 0 Å². The van der Waals surface area contributed by atoms with Gasteiger partial charge in [0.05, 0.1) is 11.4 Å². The average Bonchev–Trinajstić information content (AvgIpc) is 2.41. The molecule has 0 radical (unpaired) electrons. The number of nitrogens with one attached hydrogen (secondary N) is 1. The van der Waals surface area contributed by atoms with Crippen LogP contribution in [0.5, 0.6) is 0 Å². The Morgan fingerprint density at radius 2 is 2.00 bits per heavy atom. The SMILES string of the molecule is N#Cc1c(F)cccc1NS(=O)(=O)c1cc(Br)ccc1N. The summed E-state index contributed by atoms with van der Waals surface area (Å²) in [5.74, 6) is -0.806. The number of nitriles is 1. The van der Waals surface area contributed by atoms with Crippen LogP contribution in [0.3, 0.4) is 0 Å². The molecule has 2 aromatic rings. The van der Waals surface area contributed by atoms with E-state index < -0.39 is 15.8 Å². The van der Waals surface area contributed by atoms with Crippen LogP contribution in [-0.4, -0.2) is 8.42 Å². The molecule has 0 fully saturated rings. The molecule has 0 aliphatic heterocycles. The highest BCUT2D eigenvalue weighted by molar-refractivity contribution is 9.10. The Bertz CT molecular complexity index is 847. The number of anilines is 2. The lowest BCUT2D eigenvalue weighted by molar-refractivity contribution is 0.601. The number of hydrogen-bond acceptors (Lipinski definition) is 4. The molecular formula is C13H9BrFN3O2S. The van der Waals surface area contributed by atoms with Gasteiger partial charge in [0.15, 0.2) is 0 Å². The molecule has 3 N–H and O–H groups in total. The monoisotopic (exact) mass is 369 g/mol. The predicted octanol–water partition coefficient (Wildman–Crippen LogP) is 2.84. The van der Waals surface area contributed by atoms with Crippen LogP contribution in [0.15, 0.2) is 45.8 Å². The topological polar surface area (TPSA) is 96.0 Å². The molecule has 0 unspecified atom stereocenters. The fraction of sp³-hybridized carbons (Fsp3) is 0. The summed E-state index contributed by atoms with van der Waals surface area (Å²) < 4.78 is 40.8. The number of sulfonamides is 1. The van der Waals surface area contributed by atoms with Crippen LogP contribution in [0.2, 0.25) is 0 Å². The van der Waals surface area contributed by atoms with E-state index in [1.54, 1.807) is 12.1 Å². The van der Waals surface area contributed by atoms with Gasteiger partial charge >= 0.3 is 0 Å². The summed E-state index contributed by atoms with van der Waals surface area (Å²) in [4.78, 5) is -0.162. The molecule has 0 aliphatic carbocycles. The van der Waals surface area contributed by atoms with E-state index in [9.17, 15) is 12.8 Å². The van der Waals surface area contributed by atoms with Crippen LogP contribution in [0.4, 0.5) is 15.8 Å². The minimum absolute atomic E-state index is 0.0422. The zero-order valence-corrected chi connectivity index (χ0v) is 12.9. The van der Waals surface area contributed by atoms with Crippen LogP contribution < -0.4 is 10.5 Å². The van der Waals surface area contributed by atoms with E-state index in [0.717, 1.165) is 6.07 Å². The van der Waals surface area contributed by atoms with Crippen molar-refractivity contribution in [3.63, 3.8) is 0 Å². The molecule has 8 heteroatoms. The third-order valence-electron chi connectivity index (χ3n) is 2.63. The maximum atomic E-state index is 13.5. The number of halogens is 2. The Hall–Kier alpha value is -2.11. The minimum atomic E-state index is -4.04. The van der Waals surface area contributed by atoms with Crippen molar-refractivity contribution < 1.29 is 12.8 Å². The number of nitrogens with two attached hydrogens (primary N) is 1. The fourth-order valence-corrected chi connectivity index (χ4v) is 3.41. The molecule has 0 saturated heterocycles. The van der Waals surface area contributed by atoms with E-state index in [0.29, 0.717) is 4.47 Å². The number of nitrogen functional groups attached to an aromatic ring is 1. The normalized spacial score (nSPS) is 10.9. The lowest BCUT2D eigenvalue weighted by Crippen LogP contribution is -2.16. The van der Waals surface area contributed by atoms with Crippen molar-refractivity contribution >= 4 is 37.3 Å². The first kappa shape index (κ1) is 15.3. The van der Waals surface area contributed by atoms with Gasteiger partial charge in [0, 0.05) is 4.47 Å². The van der Waals surface area contributed by atoms with Crippen molar-refractivity contribution in [2.24, 2.45) is 0 Å². The summed E-state index contributed by atoms with van der Waals surface area (Å²) in [5.41, 5.74) is 5.17. The summed E-state index contributed by atoms with van der Waals surface area (Å²) in [6, 6.07) is 9.64. The fourth-order valence-electron chi connectivity index (χ4n) is 1.66.